The lowest BCUT2D eigenvalue weighted by molar-refractivity contribution is 0.115. The van der Waals surface area contributed by atoms with Gasteiger partial charge in [-0.05, 0) is 38.7 Å². The van der Waals surface area contributed by atoms with E-state index in [0.717, 1.165) is 25.7 Å². The van der Waals surface area contributed by atoms with Gasteiger partial charge in [-0.3, -0.25) is 0 Å². The van der Waals surface area contributed by atoms with Crippen LogP contribution >= 0.6 is 0 Å². The van der Waals surface area contributed by atoms with Gasteiger partial charge < -0.3 is 25.9 Å². The van der Waals surface area contributed by atoms with E-state index in [1.54, 1.807) is 0 Å². The molecule has 2 saturated heterocycles. The summed E-state index contributed by atoms with van der Waals surface area (Å²) in [5, 5.41) is 0. The maximum absolute atomic E-state index is 6.15. The SMILES string of the molecule is C[Si]1O[Si](C)O[Si](C)(CCCOCC2CO2)O[Si](C)O1. The molecule has 2 aliphatic heterocycles. The Labute approximate surface area is 127 Å². The molecule has 2 aliphatic rings. The lowest BCUT2D eigenvalue weighted by Gasteiger charge is -2.35. The molecule has 2 fully saturated rings. The van der Waals surface area contributed by atoms with Gasteiger partial charge in [0.15, 0.2) is 0 Å². The summed E-state index contributed by atoms with van der Waals surface area (Å²) in [7, 11) is -5.92. The molecular weight excluding hydrogens is 328 g/mol. The van der Waals surface area contributed by atoms with Crippen molar-refractivity contribution in [3.8, 4) is 0 Å². The summed E-state index contributed by atoms with van der Waals surface area (Å²) in [6, 6.07) is 0.918. The first kappa shape index (κ1) is 17.0. The van der Waals surface area contributed by atoms with Crippen LogP contribution in [0, 0.1) is 0 Å². The zero-order valence-corrected chi connectivity index (χ0v) is 16.6. The average Bonchev–Trinajstić information content (AvgIpc) is 3.09. The first-order valence-electron chi connectivity index (χ1n) is 6.90. The highest BCUT2D eigenvalue weighted by molar-refractivity contribution is 6.81. The molecule has 0 N–H and O–H groups in total. The maximum atomic E-state index is 6.15. The van der Waals surface area contributed by atoms with E-state index in [4.69, 9.17) is 25.9 Å². The highest BCUT2D eigenvalue weighted by Gasteiger charge is 2.40. The second-order valence-electron chi connectivity index (χ2n) is 5.15. The minimum Gasteiger partial charge on any atom is -0.415 e. The fraction of sp³-hybridized carbons (Fsp3) is 1.00. The molecule has 10 heteroatoms. The summed E-state index contributed by atoms with van der Waals surface area (Å²) in [5.41, 5.74) is 0. The predicted molar refractivity (Wildman–Crippen MR) is 80.8 cm³/mol. The van der Waals surface area contributed by atoms with Crippen molar-refractivity contribution in [2.45, 2.75) is 44.8 Å². The Balaban J connectivity index is 1.73. The highest BCUT2D eigenvalue weighted by Crippen LogP contribution is 2.22. The summed E-state index contributed by atoms with van der Waals surface area (Å²) in [6.45, 7) is 10.4. The molecule has 20 heavy (non-hydrogen) atoms. The van der Waals surface area contributed by atoms with E-state index in [1.807, 2.05) is 19.6 Å². The van der Waals surface area contributed by atoms with Gasteiger partial charge in [-0.15, -0.1) is 0 Å². The van der Waals surface area contributed by atoms with Crippen LogP contribution in [0.3, 0.4) is 0 Å². The molecule has 6 nitrogen and oxygen atoms in total. The van der Waals surface area contributed by atoms with Gasteiger partial charge in [0.2, 0.25) is 0 Å². The van der Waals surface area contributed by atoms with Crippen LogP contribution in [0.5, 0.6) is 0 Å². The first-order valence-corrected chi connectivity index (χ1v) is 14.9. The Morgan fingerprint density at radius 3 is 2.25 bits per heavy atom. The monoisotopic (exact) mass is 351 g/mol. The van der Waals surface area contributed by atoms with Crippen molar-refractivity contribution in [1.82, 2.24) is 0 Å². The van der Waals surface area contributed by atoms with E-state index >= 15 is 0 Å². The van der Waals surface area contributed by atoms with Crippen LogP contribution in [-0.4, -0.2) is 62.3 Å². The van der Waals surface area contributed by atoms with Crippen LogP contribution < -0.4 is 0 Å². The van der Waals surface area contributed by atoms with Crippen LogP contribution in [0.25, 0.3) is 0 Å². The topological polar surface area (TPSA) is 58.7 Å². The zero-order valence-electron chi connectivity index (χ0n) is 12.6. The lowest BCUT2D eigenvalue weighted by Crippen LogP contribution is -2.53. The minimum atomic E-state index is -2.19. The Morgan fingerprint density at radius 2 is 1.70 bits per heavy atom. The lowest BCUT2D eigenvalue weighted by atomic mass is 10.5. The third-order valence-corrected chi connectivity index (χ3v) is 14.5. The largest absolute Gasteiger partial charge is 0.415 e. The molecule has 0 aliphatic carbocycles. The number of rotatable bonds is 6. The highest BCUT2D eigenvalue weighted by atomic mass is 28.5. The normalized spacial score (nSPS) is 29.1. The number of epoxide rings is 1. The molecule has 0 aromatic carbocycles. The quantitative estimate of drug-likeness (QED) is 0.408. The van der Waals surface area contributed by atoms with E-state index in [1.165, 1.54) is 0 Å². The predicted octanol–water partition coefficient (Wildman–Crippen LogP) is 1.30. The fourth-order valence-electron chi connectivity index (χ4n) is 2.07. The summed E-state index contributed by atoms with van der Waals surface area (Å²) >= 11 is 0. The molecule has 1 unspecified atom stereocenters. The summed E-state index contributed by atoms with van der Waals surface area (Å²) in [6.07, 6.45) is 1.28. The van der Waals surface area contributed by atoms with Crippen molar-refractivity contribution in [1.29, 1.82) is 0 Å². The van der Waals surface area contributed by atoms with Crippen LogP contribution in [0.4, 0.5) is 0 Å². The van der Waals surface area contributed by atoms with Crippen molar-refractivity contribution in [2.24, 2.45) is 0 Å². The molecule has 0 amide bonds. The van der Waals surface area contributed by atoms with Crippen molar-refractivity contribution >= 4 is 36.4 Å². The van der Waals surface area contributed by atoms with Gasteiger partial charge in [0.1, 0.15) is 6.10 Å². The maximum Gasteiger partial charge on any atom is 0.362 e. The van der Waals surface area contributed by atoms with Crippen LogP contribution in [0.1, 0.15) is 6.42 Å². The molecule has 2 rings (SSSR count). The molecule has 0 aromatic heterocycles. The smallest absolute Gasteiger partial charge is 0.362 e. The van der Waals surface area contributed by atoms with E-state index in [9.17, 15) is 0 Å². The van der Waals surface area contributed by atoms with Crippen LogP contribution in [0.15, 0.2) is 0 Å². The van der Waals surface area contributed by atoms with E-state index in [-0.39, 0.29) is 0 Å². The molecule has 0 spiro atoms. The zero-order chi connectivity index (χ0) is 14.6. The third-order valence-electron chi connectivity index (χ3n) is 2.92. The van der Waals surface area contributed by atoms with Gasteiger partial charge in [0.05, 0.1) is 13.2 Å². The molecule has 0 aromatic rings. The summed E-state index contributed by atoms with van der Waals surface area (Å²) in [4.78, 5) is 0. The molecule has 2 heterocycles. The number of ether oxygens (including phenoxy) is 2. The number of hydrogen-bond acceptors (Lipinski definition) is 6. The summed E-state index contributed by atoms with van der Waals surface area (Å²) < 4.78 is 34.6. The van der Waals surface area contributed by atoms with Gasteiger partial charge in [-0.1, -0.05) is 0 Å². The standard InChI is InChI=1S/C10H23O6Si4/c1-17-13-18(2)15-20(4,16-19(3)14-17)7-5-6-11-8-10-9-12-10/h10H,5-9H2,1-4H3. The Kier molecular flexibility index (Phi) is 6.59. The van der Waals surface area contributed by atoms with Gasteiger partial charge in [-0.2, -0.15) is 0 Å². The molecule has 3 radical (unpaired) electrons. The van der Waals surface area contributed by atoms with Gasteiger partial charge >= 0.3 is 36.4 Å². The van der Waals surface area contributed by atoms with Gasteiger partial charge in [0, 0.05) is 6.61 Å². The summed E-state index contributed by atoms with van der Waals surface area (Å²) in [5.74, 6) is 0. The Hall–Kier alpha value is 0.628. The van der Waals surface area contributed by atoms with Crippen molar-refractivity contribution in [3.05, 3.63) is 0 Å². The second kappa shape index (κ2) is 7.76. The van der Waals surface area contributed by atoms with E-state index in [0.29, 0.717) is 12.7 Å². The molecule has 0 saturated carbocycles. The second-order valence-corrected chi connectivity index (χ2v) is 14.1. The minimum absolute atomic E-state index is 0.333. The van der Waals surface area contributed by atoms with Crippen LogP contribution in [0.2, 0.25) is 32.2 Å². The van der Waals surface area contributed by atoms with E-state index < -0.39 is 36.4 Å². The Morgan fingerprint density at radius 1 is 1.10 bits per heavy atom. The van der Waals surface area contributed by atoms with Crippen molar-refractivity contribution in [2.75, 3.05) is 19.8 Å². The Bertz CT molecular complexity index is 291. The van der Waals surface area contributed by atoms with Crippen LogP contribution in [-0.2, 0) is 25.9 Å². The molecular formula is C10H23O6Si4. The van der Waals surface area contributed by atoms with Gasteiger partial charge in [-0.25, -0.2) is 0 Å². The van der Waals surface area contributed by atoms with Crippen molar-refractivity contribution in [3.63, 3.8) is 0 Å². The van der Waals surface area contributed by atoms with Crippen molar-refractivity contribution < 1.29 is 25.9 Å². The van der Waals surface area contributed by atoms with Gasteiger partial charge in [0.25, 0.3) is 0 Å². The van der Waals surface area contributed by atoms with E-state index in [2.05, 4.69) is 6.55 Å². The number of hydrogen-bond donors (Lipinski definition) is 0. The first-order chi connectivity index (χ1) is 9.47. The average molecular weight is 352 g/mol. The fourth-order valence-corrected chi connectivity index (χ4v) is 13.9. The third kappa shape index (κ3) is 6.17. The molecule has 0 bridgehead atoms. The molecule has 1 atom stereocenters. The molecule has 115 valence electrons.